The number of hydrogen-bond donors (Lipinski definition) is 1. The van der Waals surface area contributed by atoms with Gasteiger partial charge in [0.15, 0.2) is 5.82 Å². The van der Waals surface area contributed by atoms with Gasteiger partial charge in [-0.05, 0) is 69.6 Å². The van der Waals surface area contributed by atoms with E-state index >= 15 is 0 Å². The van der Waals surface area contributed by atoms with Crippen molar-refractivity contribution in [1.29, 1.82) is 0 Å². The average Bonchev–Trinajstić information content (AvgIpc) is 3.16. The van der Waals surface area contributed by atoms with Crippen LogP contribution in [0.3, 0.4) is 0 Å². The molecule has 0 radical (unpaired) electrons. The molecule has 7 heteroatoms. The van der Waals surface area contributed by atoms with E-state index in [2.05, 4.69) is 64.6 Å². The largest absolute Gasteiger partial charge is 0.330 e. The van der Waals surface area contributed by atoms with Gasteiger partial charge in [0.1, 0.15) is 5.82 Å². The molecule has 1 saturated carbocycles. The monoisotopic (exact) mass is 445 g/mol. The number of hydrogen-bond acceptors (Lipinski definition) is 4. The molecular formula is C26H28FN5O. The van der Waals surface area contributed by atoms with Crippen LogP contribution in [0.5, 0.6) is 0 Å². The molecule has 2 aliphatic rings. The topological polar surface area (TPSA) is 61.4 Å². The van der Waals surface area contributed by atoms with Gasteiger partial charge in [0.05, 0.1) is 30.2 Å². The van der Waals surface area contributed by atoms with Crippen LogP contribution in [0.2, 0.25) is 0 Å². The summed E-state index contributed by atoms with van der Waals surface area (Å²) in [7, 11) is 4.29. The fourth-order valence-corrected chi connectivity index (χ4v) is 5.29. The van der Waals surface area contributed by atoms with Gasteiger partial charge in [0.25, 0.3) is 0 Å². The first-order chi connectivity index (χ1) is 15.9. The summed E-state index contributed by atoms with van der Waals surface area (Å²) in [6.07, 6.45) is 7.08. The van der Waals surface area contributed by atoms with Crippen molar-refractivity contribution >= 4 is 11.7 Å². The number of benzene rings is 2. The van der Waals surface area contributed by atoms with Crippen LogP contribution in [0.25, 0.3) is 11.4 Å². The van der Waals surface area contributed by atoms with Crippen molar-refractivity contribution in [2.75, 3.05) is 25.5 Å². The van der Waals surface area contributed by atoms with Crippen LogP contribution in [0, 0.1) is 5.82 Å². The molecule has 1 saturated heterocycles. The third-order valence-corrected chi connectivity index (χ3v) is 7.33. The Morgan fingerprint density at radius 1 is 0.939 bits per heavy atom. The van der Waals surface area contributed by atoms with E-state index in [9.17, 15) is 9.18 Å². The van der Waals surface area contributed by atoms with Crippen molar-refractivity contribution < 1.29 is 9.18 Å². The van der Waals surface area contributed by atoms with Gasteiger partial charge in [-0.25, -0.2) is 19.2 Å². The zero-order valence-electron chi connectivity index (χ0n) is 19.0. The highest BCUT2D eigenvalue weighted by atomic mass is 19.1. The van der Waals surface area contributed by atoms with E-state index in [4.69, 9.17) is 0 Å². The Balaban J connectivity index is 1.32. The molecule has 1 aromatic heterocycles. The smallest absolute Gasteiger partial charge is 0.322 e. The van der Waals surface area contributed by atoms with Gasteiger partial charge in [-0.3, -0.25) is 9.80 Å². The molecule has 170 valence electrons. The predicted molar refractivity (Wildman–Crippen MR) is 126 cm³/mol. The maximum atomic E-state index is 13.2. The van der Waals surface area contributed by atoms with Gasteiger partial charge in [0.2, 0.25) is 0 Å². The lowest BCUT2D eigenvalue weighted by atomic mass is 9.69. The summed E-state index contributed by atoms with van der Waals surface area (Å²) >= 11 is 0. The van der Waals surface area contributed by atoms with E-state index in [1.165, 1.54) is 17.7 Å². The molecule has 5 rings (SSSR count). The molecule has 1 spiro atoms. The zero-order chi connectivity index (χ0) is 23.1. The number of carbonyl (C=O) groups is 1. The second-order valence-corrected chi connectivity index (χ2v) is 9.36. The van der Waals surface area contributed by atoms with Gasteiger partial charge in [-0.2, -0.15) is 0 Å². The van der Waals surface area contributed by atoms with Crippen molar-refractivity contribution in [3.05, 3.63) is 78.4 Å². The summed E-state index contributed by atoms with van der Waals surface area (Å²) < 4.78 is 13.2. The lowest BCUT2D eigenvalue weighted by Crippen LogP contribution is -2.54. The summed E-state index contributed by atoms with van der Waals surface area (Å²) in [5.41, 5.74) is 2.46. The summed E-state index contributed by atoms with van der Waals surface area (Å²) in [6, 6.07) is 16.6. The molecule has 0 unspecified atom stereocenters. The van der Waals surface area contributed by atoms with Crippen LogP contribution in [-0.2, 0) is 5.54 Å². The first-order valence-electron chi connectivity index (χ1n) is 11.3. The Morgan fingerprint density at radius 2 is 1.58 bits per heavy atom. The van der Waals surface area contributed by atoms with Gasteiger partial charge in [0, 0.05) is 11.1 Å². The minimum Gasteiger partial charge on any atom is -0.330 e. The minimum absolute atomic E-state index is 0.0232. The molecule has 2 fully saturated rings. The normalized spacial score (nSPS) is 25.0. The number of halogens is 1. The number of urea groups is 1. The summed E-state index contributed by atoms with van der Waals surface area (Å²) in [6.45, 7) is 0.601. The molecule has 33 heavy (non-hydrogen) atoms. The predicted octanol–water partition coefficient (Wildman–Crippen LogP) is 4.58. The fraction of sp³-hybridized carbons (Fsp3) is 0.346. The highest BCUT2D eigenvalue weighted by Gasteiger charge is 2.50. The van der Waals surface area contributed by atoms with E-state index in [0.29, 0.717) is 18.1 Å². The molecule has 3 aromatic rings. The van der Waals surface area contributed by atoms with Crippen molar-refractivity contribution in [3.63, 3.8) is 0 Å². The number of nitrogens with zero attached hydrogens (tertiary/aromatic N) is 4. The second-order valence-electron chi connectivity index (χ2n) is 9.36. The maximum Gasteiger partial charge on any atom is 0.322 e. The molecule has 0 atom stereocenters. The number of anilines is 1. The standard InChI is InChI=1S/C26H28FN5O/c1-31(2)26(20-6-4-3-5-7-20)14-12-25(13-15-26)18-32(24(33)30-25)22-16-28-23(29-17-22)19-8-10-21(27)11-9-19/h3-11,16-17H,12-15,18H2,1-2H3,(H,30,33)/t25-,26-. The van der Waals surface area contributed by atoms with Crippen molar-refractivity contribution in [1.82, 2.24) is 20.2 Å². The molecular weight excluding hydrogens is 417 g/mol. The van der Waals surface area contributed by atoms with Crippen LogP contribution in [0.15, 0.2) is 67.0 Å². The van der Waals surface area contributed by atoms with Crippen LogP contribution in [-0.4, -0.2) is 47.1 Å². The van der Waals surface area contributed by atoms with Crippen LogP contribution < -0.4 is 10.2 Å². The Bertz CT molecular complexity index is 1120. The van der Waals surface area contributed by atoms with Gasteiger partial charge >= 0.3 is 6.03 Å². The Kier molecular flexibility index (Phi) is 5.37. The van der Waals surface area contributed by atoms with Crippen molar-refractivity contribution in [3.8, 4) is 11.4 Å². The SMILES string of the molecule is CN(C)[C@]1(c2ccccc2)CC[C@@]2(CC1)CN(c1cnc(-c3ccc(F)cc3)nc1)C(=O)N2. The highest BCUT2D eigenvalue weighted by molar-refractivity contribution is 5.95. The Hall–Kier alpha value is -3.32. The maximum absolute atomic E-state index is 13.2. The third-order valence-electron chi connectivity index (χ3n) is 7.33. The molecule has 1 aliphatic carbocycles. The molecule has 2 amide bonds. The quantitative estimate of drug-likeness (QED) is 0.639. The number of carbonyl (C=O) groups excluding carboxylic acids is 1. The van der Waals surface area contributed by atoms with Gasteiger partial charge in [-0.15, -0.1) is 0 Å². The lowest BCUT2D eigenvalue weighted by molar-refractivity contribution is 0.0658. The van der Waals surface area contributed by atoms with Crippen molar-refractivity contribution in [2.24, 2.45) is 0 Å². The Labute approximate surface area is 193 Å². The molecule has 2 aromatic carbocycles. The first kappa shape index (κ1) is 21.5. The van der Waals surface area contributed by atoms with Gasteiger partial charge in [-0.1, -0.05) is 30.3 Å². The van der Waals surface area contributed by atoms with E-state index in [-0.39, 0.29) is 22.9 Å². The van der Waals surface area contributed by atoms with E-state index in [1.807, 2.05) is 0 Å². The van der Waals surface area contributed by atoms with Crippen LogP contribution in [0.4, 0.5) is 14.9 Å². The number of aromatic nitrogens is 2. The molecule has 6 nitrogen and oxygen atoms in total. The second kappa shape index (κ2) is 8.23. The van der Waals surface area contributed by atoms with Crippen LogP contribution >= 0.6 is 0 Å². The molecule has 0 bridgehead atoms. The van der Waals surface area contributed by atoms with Crippen LogP contribution in [0.1, 0.15) is 31.2 Å². The number of rotatable bonds is 4. The number of nitrogens with one attached hydrogen (secondary N) is 1. The fourth-order valence-electron chi connectivity index (χ4n) is 5.29. The van der Waals surface area contributed by atoms with E-state index in [1.54, 1.807) is 29.4 Å². The van der Waals surface area contributed by atoms with E-state index in [0.717, 1.165) is 31.2 Å². The summed E-state index contributed by atoms with van der Waals surface area (Å²) in [5.74, 6) is 0.205. The summed E-state index contributed by atoms with van der Waals surface area (Å²) in [5, 5.41) is 3.27. The Morgan fingerprint density at radius 3 is 2.18 bits per heavy atom. The van der Waals surface area contributed by atoms with E-state index < -0.39 is 0 Å². The third kappa shape index (κ3) is 3.86. The molecule has 2 heterocycles. The molecule has 1 N–H and O–H groups in total. The number of amides is 2. The first-order valence-corrected chi connectivity index (χ1v) is 11.3. The summed E-state index contributed by atoms with van der Waals surface area (Å²) in [4.78, 5) is 25.8. The minimum atomic E-state index is -0.299. The van der Waals surface area contributed by atoms with Crippen molar-refractivity contribution in [2.45, 2.75) is 36.8 Å². The zero-order valence-corrected chi connectivity index (χ0v) is 19.0. The molecule has 1 aliphatic heterocycles. The van der Waals surface area contributed by atoms with Gasteiger partial charge < -0.3 is 5.32 Å². The highest BCUT2D eigenvalue weighted by Crippen LogP contribution is 2.46. The lowest BCUT2D eigenvalue weighted by Gasteiger charge is -2.48. The average molecular weight is 446 g/mol.